The lowest BCUT2D eigenvalue weighted by molar-refractivity contribution is -0.144. The molecule has 1 heterocycles. The lowest BCUT2D eigenvalue weighted by Crippen LogP contribution is -2.31. The van der Waals surface area contributed by atoms with Gasteiger partial charge in [-0.05, 0) is 36.6 Å². The minimum absolute atomic E-state index is 0.00000664. The van der Waals surface area contributed by atoms with Crippen LogP contribution >= 0.6 is 0 Å². The minimum atomic E-state index is -0.392. The Kier molecular flexibility index (Phi) is 8.64. The van der Waals surface area contributed by atoms with Crippen molar-refractivity contribution in [2.45, 2.75) is 44.9 Å². The summed E-state index contributed by atoms with van der Waals surface area (Å²) in [6.07, 6.45) is 5.09. The van der Waals surface area contributed by atoms with Crippen LogP contribution in [0.15, 0.2) is 54.6 Å². The van der Waals surface area contributed by atoms with Gasteiger partial charge in [-0.15, -0.1) is 0 Å². The number of amides is 2. The molecule has 0 unspecified atom stereocenters. The van der Waals surface area contributed by atoms with Gasteiger partial charge in [0.25, 0.3) is 5.91 Å². The predicted molar refractivity (Wildman–Crippen MR) is 120 cm³/mol. The molecule has 0 spiro atoms. The Labute approximate surface area is 183 Å². The van der Waals surface area contributed by atoms with Crippen molar-refractivity contribution in [2.24, 2.45) is 0 Å². The van der Waals surface area contributed by atoms with Crippen LogP contribution in [0.2, 0.25) is 0 Å². The molecule has 1 saturated heterocycles. The zero-order valence-electron chi connectivity index (χ0n) is 17.8. The van der Waals surface area contributed by atoms with E-state index in [4.69, 9.17) is 4.74 Å². The van der Waals surface area contributed by atoms with Crippen molar-refractivity contribution in [1.82, 2.24) is 4.90 Å². The number of hydrogen-bond acceptors (Lipinski definition) is 4. The Balaban J connectivity index is 1.42. The molecule has 31 heavy (non-hydrogen) atoms. The van der Waals surface area contributed by atoms with E-state index in [9.17, 15) is 14.4 Å². The highest BCUT2D eigenvalue weighted by Gasteiger charge is 2.18. The van der Waals surface area contributed by atoms with Crippen molar-refractivity contribution in [1.29, 1.82) is 0 Å². The molecule has 0 aliphatic carbocycles. The largest absolute Gasteiger partial charge is 0.465 e. The molecule has 164 valence electrons. The number of carbonyl (C=O) groups is 3. The number of nitrogens with one attached hydrogen (secondary N) is 1. The van der Waals surface area contributed by atoms with E-state index in [1.807, 2.05) is 35.2 Å². The summed E-state index contributed by atoms with van der Waals surface area (Å²) in [7, 11) is 0. The molecule has 0 atom stereocenters. The zero-order chi connectivity index (χ0) is 21.9. The number of rotatable bonds is 8. The second-order valence-electron chi connectivity index (χ2n) is 7.79. The van der Waals surface area contributed by atoms with Gasteiger partial charge in [-0.25, -0.2) is 0 Å². The van der Waals surface area contributed by atoms with Gasteiger partial charge < -0.3 is 15.0 Å². The quantitative estimate of drug-likeness (QED) is 0.647. The molecule has 1 fully saturated rings. The van der Waals surface area contributed by atoms with Gasteiger partial charge in [-0.2, -0.15) is 0 Å². The highest BCUT2D eigenvalue weighted by molar-refractivity contribution is 5.97. The van der Waals surface area contributed by atoms with Gasteiger partial charge in [0, 0.05) is 37.2 Å². The van der Waals surface area contributed by atoms with E-state index in [2.05, 4.69) is 5.32 Å². The molecular weight excluding hydrogens is 392 g/mol. The maximum atomic E-state index is 12.8. The number of anilines is 1. The van der Waals surface area contributed by atoms with Crippen molar-refractivity contribution < 1.29 is 19.1 Å². The second kappa shape index (κ2) is 11.9. The molecule has 1 N–H and O–H groups in total. The number of nitrogens with zero attached hydrogens (tertiary/aromatic N) is 1. The van der Waals surface area contributed by atoms with Gasteiger partial charge in [0.2, 0.25) is 5.91 Å². The molecule has 0 saturated carbocycles. The molecule has 2 aromatic rings. The number of benzene rings is 2. The normalized spacial score (nSPS) is 13.9. The SMILES string of the molecule is O=C(CCC(=O)OCCc1ccccc1)Nc1cccc(C(=O)N2CCCCCC2)c1. The molecule has 3 rings (SSSR count). The van der Waals surface area contributed by atoms with Gasteiger partial charge in [-0.1, -0.05) is 49.2 Å². The summed E-state index contributed by atoms with van der Waals surface area (Å²) in [6, 6.07) is 16.8. The molecule has 0 aromatic heterocycles. The fraction of sp³-hybridized carbons (Fsp3) is 0.400. The lowest BCUT2D eigenvalue weighted by atomic mass is 10.1. The first kappa shape index (κ1) is 22.5. The maximum Gasteiger partial charge on any atom is 0.306 e. The topological polar surface area (TPSA) is 75.7 Å². The standard InChI is InChI=1S/C25H30N2O4/c28-23(13-14-24(29)31-18-15-20-9-4-3-5-10-20)26-22-12-8-11-21(19-22)25(30)27-16-6-1-2-7-17-27/h3-5,8-12,19H,1-2,6-7,13-18H2,(H,26,28). The van der Waals surface area contributed by atoms with E-state index < -0.39 is 5.97 Å². The van der Waals surface area contributed by atoms with Crippen LogP contribution in [0.1, 0.15) is 54.4 Å². The average molecular weight is 423 g/mol. The van der Waals surface area contributed by atoms with Crippen LogP contribution < -0.4 is 5.32 Å². The molecule has 2 aromatic carbocycles. The Hall–Kier alpha value is -3.15. The summed E-state index contributed by atoms with van der Waals surface area (Å²) < 4.78 is 5.21. The van der Waals surface area contributed by atoms with Gasteiger partial charge in [0.1, 0.15) is 0 Å². The van der Waals surface area contributed by atoms with E-state index in [-0.39, 0.29) is 24.7 Å². The molecule has 2 amide bonds. The Morgan fingerprint density at radius 3 is 2.35 bits per heavy atom. The molecule has 0 radical (unpaired) electrons. The summed E-state index contributed by atoms with van der Waals surface area (Å²) in [5, 5.41) is 2.77. The Morgan fingerprint density at radius 2 is 1.61 bits per heavy atom. The first-order valence-electron chi connectivity index (χ1n) is 11.0. The number of hydrogen-bond donors (Lipinski definition) is 1. The number of carbonyl (C=O) groups excluding carboxylic acids is 3. The first-order chi connectivity index (χ1) is 15.1. The third kappa shape index (κ3) is 7.55. The van der Waals surface area contributed by atoms with Crippen LogP contribution in [-0.2, 0) is 20.7 Å². The van der Waals surface area contributed by atoms with Crippen LogP contribution in [0.4, 0.5) is 5.69 Å². The van der Waals surface area contributed by atoms with E-state index in [1.165, 1.54) is 0 Å². The molecule has 1 aliphatic rings. The summed E-state index contributed by atoms with van der Waals surface area (Å²) in [5.41, 5.74) is 2.23. The van der Waals surface area contributed by atoms with E-state index in [0.29, 0.717) is 24.3 Å². The first-order valence-corrected chi connectivity index (χ1v) is 11.0. The molecule has 1 aliphatic heterocycles. The highest BCUT2D eigenvalue weighted by atomic mass is 16.5. The fourth-order valence-electron chi connectivity index (χ4n) is 3.62. The van der Waals surface area contributed by atoms with Gasteiger partial charge in [-0.3, -0.25) is 14.4 Å². The van der Waals surface area contributed by atoms with E-state index >= 15 is 0 Å². The fourth-order valence-corrected chi connectivity index (χ4v) is 3.62. The smallest absolute Gasteiger partial charge is 0.306 e. The van der Waals surface area contributed by atoms with Gasteiger partial charge in [0.15, 0.2) is 0 Å². The molecule has 6 heteroatoms. The Morgan fingerprint density at radius 1 is 0.871 bits per heavy atom. The molecule has 0 bridgehead atoms. The third-order valence-electron chi connectivity index (χ3n) is 5.34. The van der Waals surface area contributed by atoms with Crippen LogP contribution in [0, 0.1) is 0 Å². The van der Waals surface area contributed by atoms with Crippen molar-refractivity contribution in [2.75, 3.05) is 25.0 Å². The van der Waals surface area contributed by atoms with Crippen molar-refractivity contribution in [3.8, 4) is 0 Å². The second-order valence-corrected chi connectivity index (χ2v) is 7.79. The van der Waals surface area contributed by atoms with E-state index in [1.54, 1.807) is 24.3 Å². The average Bonchev–Trinajstić information content (AvgIpc) is 3.08. The predicted octanol–water partition coefficient (Wildman–Crippen LogP) is 4.21. The van der Waals surface area contributed by atoms with Crippen LogP contribution in [0.3, 0.4) is 0 Å². The number of likely N-dealkylation sites (tertiary alicyclic amines) is 1. The zero-order valence-corrected chi connectivity index (χ0v) is 17.8. The lowest BCUT2D eigenvalue weighted by Gasteiger charge is -2.20. The summed E-state index contributed by atoms with van der Waals surface area (Å²) >= 11 is 0. The van der Waals surface area contributed by atoms with Crippen molar-refractivity contribution >= 4 is 23.5 Å². The van der Waals surface area contributed by atoms with Crippen molar-refractivity contribution in [3.05, 3.63) is 65.7 Å². The van der Waals surface area contributed by atoms with Crippen LogP contribution in [0.25, 0.3) is 0 Å². The summed E-state index contributed by atoms with van der Waals surface area (Å²) in [5.74, 6) is -0.671. The minimum Gasteiger partial charge on any atom is -0.465 e. The molecular formula is C25H30N2O4. The number of esters is 1. The van der Waals surface area contributed by atoms with Gasteiger partial charge >= 0.3 is 5.97 Å². The molecule has 6 nitrogen and oxygen atoms in total. The number of ether oxygens (including phenoxy) is 1. The Bertz CT molecular complexity index is 874. The highest BCUT2D eigenvalue weighted by Crippen LogP contribution is 2.17. The van der Waals surface area contributed by atoms with Crippen LogP contribution in [0.5, 0.6) is 0 Å². The monoisotopic (exact) mass is 422 g/mol. The van der Waals surface area contributed by atoms with E-state index in [0.717, 1.165) is 44.3 Å². The third-order valence-corrected chi connectivity index (χ3v) is 5.34. The maximum absolute atomic E-state index is 12.8. The summed E-state index contributed by atoms with van der Waals surface area (Å²) in [6.45, 7) is 1.86. The van der Waals surface area contributed by atoms with Gasteiger partial charge in [0.05, 0.1) is 13.0 Å². The summed E-state index contributed by atoms with van der Waals surface area (Å²) in [4.78, 5) is 38.8. The van der Waals surface area contributed by atoms with Crippen LogP contribution in [-0.4, -0.2) is 42.4 Å². The van der Waals surface area contributed by atoms with Crippen molar-refractivity contribution in [3.63, 3.8) is 0 Å².